The molecule has 5 amide bonds. The number of amides is 5. The summed E-state index contributed by atoms with van der Waals surface area (Å²) in [5, 5.41) is 30.3. The zero-order valence-corrected chi connectivity index (χ0v) is 50.9. The number of aldehydes is 2. The number of rotatable bonds is 47. The van der Waals surface area contributed by atoms with E-state index in [2.05, 4.69) is 34.1 Å². The van der Waals surface area contributed by atoms with E-state index in [0.29, 0.717) is 170 Å². The number of nitrogens with one attached hydrogen (secondary N) is 4. The van der Waals surface area contributed by atoms with Crippen molar-refractivity contribution in [2.45, 2.75) is 86.0 Å². The highest BCUT2D eigenvalue weighted by Crippen LogP contribution is 2.17. The molecule has 0 saturated carbocycles. The second-order valence-corrected chi connectivity index (χ2v) is 17.1. The molecule has 12 N–H and O–H groups in total. The number of carbonyl (C=O) groups is 7. The van der Waals surface area contributed by atoms with Crippen molar-refractivity contribution in [2.24, 2.45) is 23.2 Å². The molecule has 1 heterocycles. The summed E-state index contributed by atoms with van der Waals surface area (Å²) in [6.45, 7) is 19.3. The first kappa shape index (κ1) is 84.5. The molecule has 1 unspecified atom stereocenters. The van der Waals surface area contributed by atoms with E-state index in [1.807, 2.05) is 59.9 Å². The lowest BCUT2D eigenvalue weighted by Gasteiger charge is -2.18. The molecule has 1 saturated heterocycles. The predicted molar refractivity (Wildman–Crippen MR) is 317 cm³/mol. The summed E-state index contributed by atoms with van der Waals surface area (Å²) in [5.41, 5.74) is 13.9. The number of likely N-dealkylation sites (N-methyl/N-ethyl adjacent to an activating group) is 1. The van der Waals surface area contributed by atoms with Gasteiger partial charge in [-0.3, -0.25) is 24.1 Å². The molecular formula is C56H103N9O19. The van der Waals surface area contributed by atoms with Crippen molar-refractivity contribution in [2.75, 3.05) is 171 Å². The highest BCUT2D eigenvalue weighted by atomic mass is 16.6. The summed E-state index contributed by atoms with van der Waals surface area (Å²) >= 11 is 0. The van der Waals surface area contributed by atoms with E-state index in [-0.39, 0.29) is 62.5 Å². The number of carboxylic acids is 1. The minimum Gasteiger partial charge on any atom is -0.481 e. The van der Waals surface area contributed by atoms with Crippen molar-refractivity contribution in [1.29, 1.82) is 0 Å². The van der Waals surface area contributed by atoms with E-state index in [0.717, 1.165) is 29.5 Å². The van der Waals surface area contributed by atoms with Crippen LogP contribution in [0.5, 0.6) is 0 Å². The Morgan fingerprint density at radius 3 is 1.57 bits per heavy atom. The maximum absolute atomic E-state index is 11.2. The summed E-state index contributed by atoms with van der Waals surface area (Å²) < 4.78 is 54.0. The number of anilines is 1. The van der Waals surface area contributed by atoms with Crippen LogP contribution in [-0.2, 0) is 89.3 Å². The number of imide groups is 1. The Morgan fingerprint density at radius 1 is 0.702 bits per heavy atom. The number of ether oxygens (including phenoxy) is 10. The second-order valence-electron chi connectivity index (χ2n) is 17.1. The van der Waals surface area contributed by atoms with E-state index >= 15 is 0 Å². The molecule has 1 aliphatic heterocycles. The third-order valence-corrected chi connectivity index (χ3v) is 10.2. The molecule has 0 radical (unpaired) electrons. The van der Waals surface area contributed by atoms with Crippen molar-refractivity contribution in [3.63, 3.8) is 0 Å². The number of hydrogen-bond donors (Lipinski definition) is 9. The lowest BCUT2D eigenvalue weighted by molar-refractivity contribution is -0.140. The number of nitrogens with zero attached hydrogens (tertiary/aromatic N) is 2. The zero-order chi connectivity index (χ0) is 63.9. The Balaban J connectivity index is -0.000000690. The first-order valence-electron chi connectivity index (χ1n) is 28.0. The van der Waals surface area contributed by atoms with Gasteiger partial charge in [-0.15, -0.1) is 12.8 Å². The van der Waals surface area contributed by atoms with Gasteiger partial charge in [-0.2, -0.15) is 0 Å². The lowest BCUT2D eigenvalue weighted by atomic mass is 10.0. The number of hydrazine groups is 1. The van der Waals surface area contributed by atoms with Crippen LogP contribution in [0.2, 0.25) is 0 Å². The van der Waals surface area contributed by atoms with E-state index < -0.39 is 12.0 Å². The van der Waals surface area contributed by atoms with Gasteiger partial charge in [0, 0.05) is 44.7 Å². The summed E-state index contributed by atoms with van der Waals surface area (Å²) in [7, 11) is 3.56. The lowest BCUT2D eigenvalue weighted by Crippen LogP contribution is -2.46. The third-order valence-electron chi connectivity index (χ3n) is 10.2. The van der Waals surface area contributed by atoms with Crippen molar-refractivity contribution in [1.82, 2.24) is 25.9 Å². The number of carboxylic acid groups (broad SMARTS) is 1. The van der Waals surface area contributed by atoms with E-state index in [1.165, 1.54) is 9.91 Å². The highest BCUT2D eigenvalue weighted by molar-refractivity contribution is 6.01. The van der Waals surface area contributed by atoms with Gasteiger partial charge < -0.3 is 105 Å². The molecule has 1 aromatic carbocycles. The molecule has 486 valence electrons. The fourth-order valence-electron chi connectivity index (χ4n) is 6.16. The van der Waals surface area contributed by atoms with Crippen LogP contribution >= 0.6 is 0 Å². The van der Waals surface area contributed by atoms with E-state index in [1.54, 1.807) is 13.2 Å². The molecule has 2 rings (SSSR count). The number of terminal acetylenes is 1. The topological polar surface area (TPSA) is 385 Å². The number of carbonyl (C=O) groups excluding carboxylic acids is 6. The molecule has 84 heavy (non-hydrogen) atoms. The quantitative estimate of drug-likeness (QED) is 0.0110. The third kappa shape index (κ3) is 55.3. The first-order valence-corrected chi connectivity index (χ1v) is 28.0. The Morgan fingerprint density at radius 2 is 1.18 bits per heavy atom. The van der Waals surface area contributed by atoms with Crippen LogP contribution in [-0.4, -0.2) is 234 Å². The number of benzene rings is 1. The van der Waals surface area contributed by atoms with Crippen molar-refractivity contribution < 1.29 is 91.1 Å². The second kappa shape index (κ2) is 64.6. The fraction of sp³-hybridized carbons (Fsp3) is 0.696. The molecule has 28 heteroatoms. The Hall–Kier alpha value is -5.91. The van der Waals surface area contributed by atoms with Gasteiger partial charge in [-0.05, 0) is 42.6 Å². The van der Waals surface area contributed by atoms with E-state index in [9.17, 15) is 38.7 Å². The maximum Gasteiger partial charge on any atom is 0.312 e. The number of nitrogens with two attached hydrogens (primary N) is 3. The molecule has 1 aromatic rings. The Bertz CT molecular complexity index is 1820. The van der Waals surface area contributed by atoms with Crippen molar-refractivity contribution in [3.05, 3.63) is 41.2 Å². The molecule has 0 bridgehead atoms. The van der Waals surface area contributed by atoms with Crippen LogP contribution in [0.3, 0.4) is 0 Å². The number of aliphatic hydroxyl groups excluding tert-OH is 1. The number of aliphatic hydroxyl groups is 1. The highest BCUT2D eigenvalue weighted by Gasteiger charge is 2.28. The Labute approximate surface area is 498 Å². The van der Waals surface area contributed by atoms with E-state index in [4.69, 9.17) is 69.8 Å². The SMILES string of the molecule is C#C.CC.CCCNC(N)=O.CNC(C(=O)NCC=O)C(C)C.CNc1ccc(CO)c(COC/C(N)=C/N(N)CCOCCOCCOCCOCCOCCOCCOCCOCCC(=O)O)c1.O=CCCOCCN1C(=O)CCC1=O. The number of primary amides is 1. The monoisotopic (exact) mass is 1210 g/mol. The average Bonchev–Trinajstić information content (AvgIpc) is 3.87. The number of aliphatic carboxylic acids is 1. The predicted octanol–water partition coefficient (Wildman–Crippen LogP) is 0.947. The summed E-state index contributed by atoms with van der Waals surface area (Å²) in [6.07, 6.45) is 12.9. The largest absolute Gasteiger partial charge is 0.481 e. The average molecular weight is 1210 g/mol. The first-order chi connectivity index (χ1) is 40.6. The van der Waals surface area contributed by atoms with Crippen molar-refractivity contribution in [3.8, 4) is 12.8 Å². The van der Waals surface area contributed by atoms with Crippen LogP contribution in [0.25, 0.3) is 0 Å². The van der Waals surface area contributed by atoms with Gasteiger partial charge in [-0.1, -0.05) is 40.7 Å². The summed E-state index contributed by atoms with van der Waals surface area (Å²) in [5.74, 6) is 4.92. The molecule has 1 atom stereocenters. The van der Waals surface area contributed by atoms with Crippen molar-refractivity contribution >= 4 is 48.0 Å². The van der Waals surface area contributed by atoms with Crippen LogP contribution in [0.4, 0.5) is 10.5 Å². The molecule has 0 aromatic heterocycles. The standard InChI is InChI=1S/C31H56N4O12.C9H13NO4.C8H16N2O2.C4H10N2O.C2H6.C2H2/c1-34-30-3-2-27(24-36)28(22-30)25-47-26-29(32)23-35(33)5-7-40-9-11-42-13-15-44-17-19-46-21-20-45-18-16-43-14-12-41-10-8-39-6-4-31(37)38;11-5-1-6-14-7-4-10-8(12)2-3-9(10)13;1-6(2)7(9-3)8(12)10-4-5-11;1-2-3-6-4(5)7;2*1-2/h2-3,22-23,34,36H,4-21,24-26,32-33H2,1H3,(H,37,38);5H,1-4,6-7H2;5-7,9H,4H2,1-3H3,(H,10,12);2-3H2,1H3,(H3,5,6,7);1-2H3;1-2H/b29-23-;;;;;. The van der Waals surface area contributed by atoms with Gasteiger partial charge in [0.25, 0.3) is 0 Å². The van der Waals surface area contributed by atoms with Gasteiger partial charge in [0.05, 0.1) is 177 Å². The molecule has 28 nitrogen and oxygen atoms in total. The smallest absolute Gasteiger partial charge is 0.312 e. The van der Waals surface area contributed by atoms with Crippen LogP contribution in [0.1, 0.15) is 77.8 Å². The molecule has 0 spiro atoms. The minimum absolute atomic E-state index is 0.00804. The molecule has 1 aliphatic rings. The van der Waals surface area contributed by atoms with Gasteiger partial charge in [0.1, 0.15) is 12.6 Å². The van der Waals surface area contributed by atoms with Gasteiger partial charge in [0.15, 0.2) is 0 Å². The number of likely N-dealkylation sites (tertiary alicyclic amines) is 1. The van der Waals surface area contributed by atoms with Gasteiger partial charge in [-0.25, -0.2) is 10.6 Å². The molecule has 1 fully saturated rings. The van der Waals surface area contributed by atoms with Gasteiger partial charge in [0.2, 0.25) is 17.7 Å². The fourth-order valence-corrected chi connectivity index (χ4v) is 6.16. The Kier molecular flexibility index (Phi) is 65.1. The molecule has 0 aliphatic carbocycles. The summed E-state index contributed by atoms with van der Waals surface area (Å²) in [6, 6.07) is 5.03. The van der Waals surface area contributed by atoms with Gasteiger partial charge >= 0.3 is 12.0 Å². The molecular weight excluding hydrogens is 1100 g/mol. The van der Waals surface area contributed by atoms with Crippen LogP contribution in [0.15, 0.2) is 30.1 Å². The normalized spacial score (nSPS) is 11.9. The zero-order valence-electron chi connectivity index (χ0n) is 50.9. The number of hydrogen-bond acceptors (Lipinski definition) is 23. The van der Waals surface area contributed by atoms with Crippen LogP contribution in [0, 0.1) is 18.8 Å². The summed E-state index contributed by atoms with van der Waals surface area (Å²) in [4.78, 5) is 74.7. The minimum atomic E-state index is -0.879. The maximum atomic E-state index is 11.2. The van der Waals surface area contributed by atoms with Crippen LogP contribution < -0.4 is 38.6 Å². The number of urea groups is 1.